The Labute approximate surface area is 144 Å². The number of nitrogens with zero attached hydrogens (tertiary/aromatic N) is 1. The van der Waals surface area contributed by atoms with Crippen LogP contribution < -0.4 is 0 Å². The molecule has 1 aromatic rings. The fraction of sp³-hybridized carbons (Fsp3) is 0.438. The molecular formula is C16H17NO7S. The molecule has 0 atom stereocenters. The van der Waals surface area contributed by atoms with Crippen molar-refractivity contribution in [3.05, 3.63) is 33.9 Å². The Morgan fingerprint density at radius 1 is 1.20 bits per heavy atom. The highest BCUT2D eigenvalue weighted by Gasteiger charge is 2.45. The Balaban J connectivity index is 2.51. The molecule has 25 heavy (non-hydrogen) atoms. The van der Waals surface area contributed by atoms with Crippen LogP contribution in [0, 0.1) is 21.4 Å². The number of rotatable bonds is 4. The van der Waals surface area contributed by atoms with Crippen LogP contribution in [-0.4, -0.2) is 36.9 Å². The molecule has 0 radical (unpaired) electrons. The number of ketones is 3. The Bertz CT molecular complexity index is 879. The van der Waals surface area contributed by atoms with E-state index in [0.29, 0.717) is 0 Å². The van der Waals surface area contributed by atoms with Crippen LogP contribution >= 0.6 is 0 Å². The van der Waals surface area contributed by atoms with Gasteiger partial charge in [-0.1, -0.05) is 13.8 Å². The van der Waals surface area contributed by atoms with Crippen molar-refractivity contribution in [2.45, 2.75) is 31.6 Å². The maximum atomic E-state index is 12.6. The molecule has 0 N–H and O–H groups in total. The summed E-state index contributed by atoms with van der Waals surface area (Å²) in [6.07, 6.45) is 0.915. The lowest BCUT2D eigenvalue weighted by molar-refractivity contribution is -0.385. The lowest BCUT2D eigenvalue weighted by Crippen LogP contribution is -2.42. The summed E-state index contributed by atoms with van der Waals surface area (Å²) in [6.45, 7) is 3.46. The molecule has 1 aromatic carbocycles. The predicted molar refractivity (Wildman–Crippen MR) is 87.1 cm³/mol. The molecule has 0 spiro atoms. The minimum atomic E-state index is -3.71. The second kappa shape index (κ2) is 6.14. The third kappa shape index (κ3) is 3.81. The molecule has 0 aliphatic heterocycles. The van der Waals surface area contributed by atoms with Crippen LogP contribution in [0.3, 0.4) is 0 Å². The van der Waals surface area contributed by atoms with E-state index in [2.05, 4.69) is 0 Å². The lowest BCUT2D eigenvalue weighted by Gasteiger charge is -2.31. The van der Waals surface area contributed by atoms with Gasteiger partial charge in [0.15, 0.2) is 27.2 Å². The number of hydrogen-bond donors (Lipinski definition) is 0. The maximum absolute atomic E-state index is 12.6. The molecule has 0 unspecified atom stereocenters. The van der Waals surface area contributed by atoms with E-state index in [0.717, 1.165) is 24.5 Å². The zero-order chi connectivity index (χ0) is 19.2. The van der Waals surface area contributed by atoms with E-state index < -0.39 is 54.7 Å². The van der Waals surface area contributed by atoms with Gasteiger partial charge in [-0.25, -0.2) is 8.42 Å². The summed E-state index contributed by atoms with van der Waals surface area (Å²) in [7, 11) is -3.71. The van der Waals surface area contributed by atoms with E-state index in [4.69, 9.17) is 0 Å². The zero-order valence-electron chi connectivity index (χ0n) is 13.9. The van der Waals surface area contributed by atoms with Crippen LogP contribution in [0.25, 0.3) is 0 Å². The van der Waals surface area contributed by atoms with E-state index in [1.807, 2.05) is 0 Å². The van der Waals surface area contributed by atoms with E-state index in [9.17, 15) is 32.9 Å². The quantitative estimate of drug-likeness (QED) is 0.343. The third-order valence-electron chi connectivity index (χ3n) is 4.07. The van der Waals surface area contributed by atoms with Gasteiger partial charge < -0.3 is 0 Å². The number of carbonyl (C=O) groups excluding carboxylic acids is 3. The first-order chi connectivity index (χ1) is 11.3. The van der Waals surface area contributed by atoms with E-state index in [1.165, 1.54) is 0 Å². The van der Waals surface area contributed by atoms with Crippen LogP contribution in [0.2, 0.25) is 0 Å². The summed E-state index contributed by atoms with van der Waals surface area (Å²) in [4.78, 5) is 47.1. The van der Waals surface area contributed by atoms with Crippen molar-refractivity contribution < 1.29 is 27.7 Å². The zero-order valence-corrected chi connectivity index (χ0v) is 14.8. The van der Waals surface area contributed by atoms with Crippen molar-refractivity contribution in [3.63, 3.8) is 0 Å². The summed E-state index contributed by atoms with van der Waals surface area (Å²) >= 11 is 0. The number of hydrogen-bond acceptors (Lipinski definition) is 7. The van der Waals surface area contributed by atoms with Crippen LogP contribution in [0.4, 0.5) is 5.69 Å². The molecule has 1 saturated carbocycles. The molecular weight excluding hydrogens is 350 g/mol. The van der Waals surface area contributed by atoms with E-state index in [-0.39, 0.29) is 17.7 Å². The van der Waals surface area contributed by atoms with E-state index >= 15 is 0 Å². The van der Waals surface area contributed by atoms with Crippen molar-refractivity contribution in [1.29, 1.82) is 0 Å². The normalized spacial score (nSPS) is 18.2. The predicted octanol–water partition coefficient (Wildman–Crippen LogP) is 1.76. The molecule has 8 nitrogen and oxygen atoms in total. The van der Waals surface area contributed by atoms with Gasteiger partial charge in [-0.3, -0.25) is 24.5 Å². The van der Waals surface area contributed by atoms with Gasteiger partial charge in [0.05, 0.1) is 15.4 Å². The summed E-state index contributed by atoms with van der Waals surface area (Å²) in [6, 6.07) is 2.80. The molecule has 0 heterocycles. The Morgan fingerprint density at radius 2 is 1.72 bits per heavy atom. The smallest absolute Gasteiger partial charge is 0.281 e. The lowest BCUT2D eigenvalue weighted by atomic mass is 9.69. The molecule has 1 aliphatic rings. The standard InChI is InChI=1S/C16H17NO7S/c1-16(2)7-12(18)14(13(19)8-16)15(20)10-5-4-9(25(3,23)24)6-11(10)17(21)22/h4-6,14H,7-8H2,1-3H3. The summed E-state index contributed by atoms with van der Waals surface area (Å²) < 4.78 is 23.1. The van der Waals surface area contributed by atoms with E-state index in [1.54, 1.807) is 13.8 Å². The Morgan fingerprint density at radius 3 is 2.16 bits per heavy atom. The first-order valence-corrected chi connectivity index (χ1v) is 9.31. The third-order valence-corrected chi connectivity index (χ3v) is 5.18. The highest BCUT2D eigenvalue weighted by molar-refractivity contribution is 7.90. The average molecular weight is 367 g/mol. The molecule has 0 aromatic heterocycles. The summed E-state index contributed by atoms with van der Waals surface area (Å²) in [5, 5.41) is 11.2. The number of Topliss-reactive ketones (excluding diaryl/α,β-unsaturated/α-hetero) is 3. The minimum absolute atomic E-state index is 0.0182. The highest BCUT2D eigenvalue weighted by Crippen LogP contribution is 2.36. The average Bonchev–Trinajstić information content (AvgIpc) is 2.43. The molecule has 2 rings (SSSR count). The molecule has 134 valence electrons. The summed E-state index contributed by atoms with van der Waals surface area (Å²) in [5.74, 6) is -3.69. The van der Waals surface area contributed by atoms with Crippen LogP contribution in [0.5, 0.6) is 0 Å². The topological polar surface area (TPSA) is 128 Å². The fourth-order valence-corrected chi connectivity index (χ4v) is 3.58. The second-order valence-electron chi connectivity index (χ2n) is 6.96. The van der Waals surface area contributed by atoms with Crippen molar-refractivity contribution in [2.24, 2.45) is 11.3 Å². The number of sulfone groups is 1. The highest BCUT2D eigenvalue weighted by atomic mass is 32.2. The van der Waals surface area contributed by atoms with Gasteiger partial charge >= 0.3 is 0 Å². The number of nitro groups is 1. The van der Waals surface area contributed by atoms with Crippen LogP contribution in [-0.2, 0) is 19.4 Å². The van der Waals surface area contributed by atoms with Gasteiger partial charge in [-0.2, -0.15) is 0 Å². The monoisotopic (exact) mass is 367 g/mol. The number of carbonyl (C=O) groups is 3. The van der Waals surface area contributed by atoms with Crippen molar-refractivity contribution in [1.82, 2.24) is 0 Å². The molecule has 1 fully saturated rings. The molecule has 0 bridgehead atoms. The van der Waals surface area contributed by atoms with Crippen LogP contribution in [0.1, 0.15) is 37.0 Å². The maximum Gasteiger partial charge on any atom is 0.281 e. The first kappa shape index (κ1) is 18.9. The van der Waals surface area contributed by atoms with Crippen molar-refractivity contribution in [2.75, 3.05) is 6.26 Å². The largest absolute Gasteiger partial charge is 0.298 e. The molecule has 0 amide bonds. The SMILES string of the molecule is CC1(C)CC(=O)C(C(=O)c2ccc(S(C)(=O)=O)cc2[N+](=O)[O-])C(=O)C1. The Kier molecular flexibility index (Phi) is 4.65. The van der Waals surface area contributed by atoms with Crippen molar-refractivity contribution in [3.8, 4) is 0 Å². The molecule has 9 heteroatoms. The van der Waals surface area contributed by atoms with Gasteiger partial charge in [0.1, 0.15) is 5.92 Å². The van der Waals surface area contributed by atoms with Crippen LogP contribution in [0.15, 0.2) is 23.1 Å². The second-order valence-corrected chi connectivity index (χ2v) is 8.97. The molecule has 0 saturated heterocycles. The fourth-order valence-electron chi connectivity index (χ4n) is 2.94. The summed E-state index contributed by atoms with van der Waals surface area (Å²) in [5.41, 5.74) is -1.74. The number of benzene rings is 1. The van der Waals surface area contributed by atoms with Crippen molar-refractivity contribution >= 4 is 32.9 Å². The van der Waals surface area contributed by atoms with Gasteiger partial charge in [-0.05, 0) is 17.5 Å². The van der Waals surface area contributed by atoms with Gasteiger partial charge in [0.2, 0.25) is 0 Å². The minimum Gasteiger partial charge on any atom is -0.298 e. The van der Waals surface area contributed by atoms with Gasteiger partial charge in [-0.15, -0.1) is 0 Å². The first-order valence-electron chi connectivity index (χ1n) is 7.42. The Hall–Kier alpha value is -2.42. The molecule has 1 aliphatic carbocycles. The number of nitro benzene ring substituents is 1. The van der Waals surface area contributed by atoms with Gasteiger partial charge in [0.25, 0.3) is 5.69 Å². The van der Waals surface area contributed by atoms with Gasteiger partial charge in [0, 0.05) is 25.2 Å².